The van der Waals surface area contributed by atoms with Crippen LogP contribution in [-0.4, -0.2) is 53.6 Å². The third-order valence-electron chi connectivity index (χ3n) is 5.34. The van der Waals surface area contributed by atoms with E-state index in [0.717, 1.165) is 12.8 Å². The monoisotopic (exact) mass is 448 g/mol. The summed E-state index contributed by atoms with van der Waals surface area (Å²) in [6, 6.07) is 8.89. The first-order valence-electron chi connectivity index (χ1n) is 10.0. The van der Waals surface area contributed by atoms with E-state index in [9.17, 15) is 13.2 Å². The molecule has 1 atom stereocenters. The fraction of sp³-hybridized carbons (Fsp3) is 0.409. The van der Waals surface area contributed by atoms with Crippen LogP contribution in [0.2, 0.25) is 0 Å². The standard InChI is InChI=1S/C22H28N2O6S/c1-15(18-13-16(28-2)7-9-20(18)29-3)23-31(26,27)17-8-10-21(30-4)19(14-17)22(25)24-11-5-6-12-24/h7-10,13-15,23H,5-6,11-12H2,1-4H3/t15-/m1/s1. The zero-order chi connectivity index (χ0) is 22.6. The van der Waals surface area contributed by atoms with Crippen molar-refractivity contribution in [1.29, 1.82) is 0 Å². The lowest BCUT2D eigenvalue weighted by molar-refractivity contribution is 0.0789. The minimum Gasteiger partial charge on any atom is -0.497 e. The van der Waals surface area contributed by atoms with Gasteiger partial charge in [-0.1, -0.05) is 0 Å². The SMILES string of the molecule is COc1ccc(OC)c([C@@H](C)NS(=O)(=O)c2ccc(OC)c(C(=O)N3CCCC3)c2)c1. The van der Waals surface area contributed by atoms with Crippen molar-refractivity contribution in [2.75, 3.05) is 34.4 Å². The van der Waals surface area contributed by atoms with Gasteiger partial charge in [0.15, 0.2) is 0 Å². The van der Waals surface area contributed by atoms with Crippen molar-refractivity contribution in [2.45, 2.75) is 30.7 Å². The maximum atomic E-state index is 13.1. The summed E-state index contributed by atoms with van der Waals surface area (Å²) in [6.07, 6.45) is 1.88. The van der Waals surface area contributed by atoms with Gasteiger partial charge in [-0.2, -0.15) is 0 Å². The van der Waals surface area contributed by atoms with Gasteiger partial charge in [0.2, 0.25) is 10.0 Å². The zero-order valence-corrected chi connectivity index (χ0v) is 19.0. The van der Waals surface area contributed by atoms with Gasteiger partial charge in [0.1, 0.15) is 17.2 Å². The molecule has 31 heavy (non-hydrogen) atoms. The Kier molecular flexibility index (Phi) is 7.07. The molecule has 9 heteroatoms. The van der Waals surface area contributed by atoms with Crippen LogP contribution in [0.25, 0.3) is 0 Å². The molecule has 0 aliphatic carbocycles. The normalized spacial score (nSPS) is 14.9. The van der Waals surface area contributed by atoms with Gasteiger partial charge in [-0.15, -0.1) is 0 Å². The smallest absolute Gasteiger partial charge is 0.257 e. The number of nitrogens with zero attached hydrogens (tertiary/aromatic N) is 1. The zero-order valence-electron chi connectivity index (χ0n) is 18.2. The first-order chi connectivity index (χ1) is 14.8. The predicted molar refractivity (Wildman–Crippen MR) is 116 cm³/mol. The highest BCUT2D eigenvalue weighted by atomic mass is 32.2. The van der Waals surface area contributed by atoms with Crippen molar-refractivity contribution in [3.05, 3.63) is 47.5 Å². The molecule has 0 saturated carbocycles. The van der Waals surface area contributed by atoms with Crippen molar-refractivity contribution in [1.82, 2.24) is 9.62 Å². The Morgan fingerprint density at radius 3 is 2.23 bits per heavy atom. The van der Waals surface area contributed by atoms with Gasteiger partial charge in [0.05, 0.1) is 31.8 Å². The quantitative estimate of drug-likeness (QED) is 0.667. The summed E-state index contributed by atoms with van der Waals surface area (Å²) in [5.74, 6) is 1.24. The van der Waals surface area contributed by atoms with Gasteiger partial charge in [-0.3, -0.25) is 4.79 Å². The molecule has 8 nitrogen and oxygen atoms in total. The highest BCUT2D eigenvalue weighted by molar-refractivity contribution is 7.89. The molecule has 0 spiro atoms. The van der Waals surface area contributed by atoms with Crippen LogP contribution in [0.4, 0.5) is 0 Å². The second kappa shape index (κ2) is 9.57. The number of methoxy groups -OCH3 is 3. The summed E-state index contributed by atoms with van der Waals surface area (Å²) in [6.45, 7) is 3.03. The van der Waals surface area contributed by atoms with Gasteiger partial charge in [0, 0.05) is 24.7 Å². The Bertz CT molecular complexity index is 1050. The average Bonchev–Trinajstić information content (AvgIpc) is 3.32. The van der Waals surface area contributed by atoms with E-state index >= 15 is 0 Å². The number of hydrogen-bond donors (Lipinski definition) is 1. The number of ether oxygens (including phenoxy) is 3. The van der Waals surface area contributed by atoms with Crippen LogP contribution in [0, 0.1) is 0 Å². The molecule has 2 aromatic rings. The molecular weight excluding hydrogens is 420 g/mol. The number of carbonyl (C=O) groups is 1. The maximum Gasteiger partial charge on any atom is 0.257 e. The second-order valence-corrected chi connectivity index (χ2v) is 9.03. The molecule has 0 aromatic heterocycles. The third-order valence-corrected chi connectivity index (χ3v) is 6.88. The molecule has 0 bridgehead atoms. The van der Waals surface area contributed by atoms with E-state index in [4.69, 9.17) is 14.2 Å². The van der Waals surface area contributed by atoms with E-state index in [2.05, 4.69) is 4.72 Å². The van der Waals surface area contributed by atoms with Gasteiger partial charge < -0.3 is 19.1 Å². The summed E-state index contributed by atoms with van der Waals surface area (Å²) in [5, 5.41) is 0. The number of hydrogen-bond acceptors (Lipinski definition) is 6. The fourth-order valence-electron chi connectivity index (χ4n) is 3.65. The summed E-state index contributed by atoms with van der Waals surface area (Å²) >= 11 is 0. The number of sulfonamides is 1. The Labute approximate surface area is 183 Å². The van der Waals surface area contributed by atoms with Gasteiger partial charge in [0.25, 0.3) is 5.91 Å². The third kappa shape index (κ3) is 4.94. The van der Waals surface area contributed by atoms with Crippen LogP contribution in [0.15, 0.2) is 41.3 Å². The van der Waals surface area contributed by atoms with Crippen LogP contribution in [-0.2, 0) is 10.0 Å². The molecule has 2 aromatic carbocycles. The van der Waals surface area contributed by atoms with Crippen molar-refractivity contribution >= 4 is 15.9 Å². The summed E-state index contributed by atoms with van der Waals surface area (Å²) in [5.41, 5.74) is 0.867. The lowest BCUT2D eigenvalue weighted by Gasteiger charge is -2.20. The number of benzene rings is 2. The Morgan fingerprint density at radius 2 is 1.61 bits per heavy atom. The van der Waals surface area contributed by atoms with Crippen molar-refractivity contribution in [2.24, 2.45) is 0 Å². The van der Waals surface area contributed by atoms with E-state index in [1.807, 2.05) is 0 Å². The molecular formula is C22H28N2O6S. The largest absolute Gasteiger partial charge is 0.497 e. The van der Waals surface area contributed by atoms with Gasteiger partial charge in [-0.25, -0.2) is 13.1 Å². The Balaban J connectivity index is 1.91. The van der Waals surface area contributed by atoms with Crippen LogP contribution in [0.1, 0.15) is 41.7 Å². The maximum absolute atomic E-state index is 13.1. The molecule has 1 aliphatic rings. The van der Waals surface area contributed by atoms with Crippen LogP contribution >= 0.6 is 0 Å². The topological polar surface area (TPSA) is 94.2 Å². The van der Waals surface area contributed by atoms with E-state index in [0.29, 0.717) is 35.9 Å². The molecule has 1 fully saturated rings. The Hall–Kier alpha value is -2.78. The summed E-state index contributed by atoms with van der Waals surface area (Å²) in [4.78, 5) is 14.6. The van der Waals surface area contributed by atoms with E-state index in [1.165, 1.54) is 39.5 Å². The molecule has 1 amide bonds. The van der Waals surface area contributed by atoms with Crippen LogP contribution in [0.3, 0.4) is 0 Å². The number of carbonyl (C=O) groups excluding carboxylic acids is 1. The van der Waals surface area contributed by atoms with Crippen molar-refractivity contribution in [3.63, 3.8) is 0 Å². The molecule has 3 rings (SSSR count). The van der Waals surface area contributed by atoms with E-state index in [1.54, 1.807) is 30.0 Å². The van der Waals surface area contributed by atoms with Crippen molar-refractivity contribution in [3.8, 4) is 17.2 Å². The molecule has 1 aliphatic heterocycles. The van der Waals surface area contributed by atoms with E-state index < -0.39 is 16.1 Å². The van der Waals surface area contributed by atoms with Crippen molar-refractivity contribution < 1.29 is 27.4 Å². The first-order valence-corrected chi connectivity index (χ1v) is 11.5. The highest BCUT2D eigenvalue weighted by Gasteiger charge is 2.26. The average molecular weight is 449 g/mol. The molecule has 1 heterocycles. The number of likely N-dealkylation sites (tertiary alicyclic amines) is 1. The second-order valence-electron chi connectivity index (χ2n) is 7.31. The number of amides is 1. The first kappa shape index (κ1) is 22.9. The van der Waals surface area contributed by atoms with Gasteiger partial charge in [-0.05, 0) is 56.2 Å². The minimum absolute atomic E-state index is 0.00967. The number of nitrogens with one attached hydrogen (secondary N) is 1. The highest BCUT2D eigenvalue weighted by Crippen LogP contribution is 2.31. The van der Waals surface area contributed by atoms with Crippen LogP contribution in [0.5, 0.6) is 17.2 Å². The molecule has 0 unspecified atom stereocenters. The molecule has 168 valence electrons. The lowest BCUT2D eigenvalue weighted by Crippen LogP contribution is -2.29. The molecule has 1 saturated heterocycles. The summed E-state index contributed by atoms with van der Waals surface area (Å²) in [7, 11) is 0.587. The summed E-state index contributed by atoms with van der Waals surface area (Å²) < 4.78 is 44.8. The lowest BCUT2D eigenvalue weighted by atomic mass is 10.1. The number of rotatable bonds is 8. The fourth-order valence-corrected chi connectivity index (χ4v) is 4.90. The van der Waals surface area contributed by atoms with Crippen LogP contribution < -0.4 is 18.9 Å². The minimum atomic E-state index is -3.93. The Morgan fingerprint density at radius 1 is 0.968 bits per heavy atom. The van der Waals surface area contributed by atoms with Gasteiger partial charge >= 0.3 is 0 Å². The molecule has 1 N–H and O–H groups in total. The molecule has 0 radical (unpaired) electrons. The van der Waals surface area contributed by atoms with E-state index in [-0.39, 0.29) is 16.4 Å². The predicted octanol–water partition coefficient (Wildman–Crippen LogP) is 2.99.